The molecule has 0 aliphatic carbocycles. The Morgan fingerprint density at radius 1 is 1.11 bits per heavy atom. The van der Waals surface area contributed by atoms with E-state index < -0.39 is 0 Å². The van der Waals surface area contributed by atoms with E-state index in [0.717, 1.165) is 38.6 Å². The molecule has 2 N–H and O–H groups in total. The van der Waals surface area contributed by atoms with Crippen molar-refractivity contribution < 1.29 is 0 Å². The number of likely N-dealkylation sites (N-methyl/N-ethyl adjacent to an activating group) is 1. The maximum Gasteiger partial charge on any atom is 0.191 e. The molecule has 2 aliphatic heterocycles. The standard InChI is InChI=1S/C23H39N5/c1-4-27-14-9-8-12-22(27)17-25-23(24-3)26-21-13-15-28(19(2)16-21)18-20-10-6-5-7-11-20/h5-7,10-11,19,21-22H,4,8-9,12-18H2,1-3H3,(H2,24,25,26). The van der Waals surface area contributed by atoms with Gasteiger partial charge in [-0.2, -0.15) is 0 Å². The van der Waals surface area contributed by atoms with Crippen LogP contribution >= 0.6 is 0 Å². The van der Waals surface area contributed by atoms with Crippen LogP contribution < -0.4 is 10.6 Å². The molecule has 0 bridgehead atoms. The zero-order valence-corrected chi connectivity index (χ0v) is 18.0. The second-order valence-corrected chi connectivity index (χ2v) is 8.40. The van der Waals surface area contributed by atoms with Crippen molar-refractivity contribution in [2.75, 3.05) is 33.2 Å². The van der Waals surface area contributed by atoms with Gasteiger partial charge in [-0.25, -0.2) is 0 Å². The molecule has 5 nitrogen and oxygen atoms in total. The summed E-state index contributed by atoms with van der Waals surface area (Å²) in [5.74, 6) is 0.968. The minimum Gasteiger partial charge on any atom is -0.355 e. The van der Waals surface area contributed by atoms with Crippen molar-refractivity contribution in [3.63, 3.8) is 0 Å². The van der Waals surface area contributed by atoms with E-state index in [1.54, 1.807) is 0 Å². The molecule has 0 spiro atoms. The van der Waals surface area contributed by atoms with Crippen molar-refractivity contribution in [1.82, 2.24) is 20.4 Å². The predicted molar refractivity (Wildman–Crippen MR) is 119 cm³/mol. The van der Waals surface area contributed by atoms with Gasteiger partial charge < -0.3 is 10.6 Å². The molecule has 0 radical (unpaired) electrons. The maximum absolute atomic E-state index is 4.49. The molecule has 0 aromatic heterocycles. The molecule has 2 saturated heterocycles. The van der Waals surface area contributed by atoms with Gasteiger partial charge in [0.25, 0.3) is 0 Å². The van der Waals surface area contributed by atoms with Gasteiger partial charge in [0.15, 0.2) is 5.96 Å². The SMILES string of the molecule is CCN1CCCCC1CNC(=NC)NC1CCN(Cc2ccccc2)C(C)C1. The molecule has 0 saturated carbocycles. The zero-order valence-electron chi connectivity index (χ0n) is 18.0. The van der Waals surface area contributed by atoms with Gasteiger partial charge in [-0.05, 0) is 51.3 Å². The highest BCUT2D eigenvalue weighted by Crippen LogP contribution is 2.20. The van der Waals surface area contributed by atoms with Crippen LogP contribution in [0.1, 0.15) is 51.5 Å². The lowest BCUT2D eigenvalue weighted by atomic mass is 9.97. The first-order valence-corrected chi connectivity index (χ1v) is 11.2. The van der Waals surface area contributed by atoms with Crippen LogP contribution in [-0.2, 0) is 6.54 Å². The molecule has 2 fully saturated rings. The number of rotatable bonds is 6. The lowest BCUT2D eigenvalue weighted by molar-refractivity contribution is 0.134. The van der Waals surface area contributed by atoms with Gasteiger partial charge in [0.1, 0.15) is 0 Å². The Morgan fingerprint density at radius 3 is 2.64 bits per heavy atom. The maximum atomic E-state index is 4.49. The summed E-state index contributed by atoms with van der Waals surface area (Å²) in [5.41, 5.74) is 1.41. The van der Waals surface area contributed by atoms with Gasteiger partial charge in [-0.15, -0.1) is 0 Å². The molecule has 3 rings (SSSR count). The minimum absolute atomic E-state index is 0.502. The fourth-order valence-electron chi connectivity index (χ4n) is 4.71. The van der Waals surface area contributed by atoms with Gasteiger partial charge in [0.2, 0.25) is 0 Å². The molecule has 28 heavy (non-hydrogen) atoms. The molecular formula is C23H39N5. The van der Waals surface area contributed by atoms with E-state index in [-0.39, 0.29) is 0 Å². The second-order valence-electron chi connectivity index (χ2n) is 8.40. The van der Waals surface area contributed by atoms with Crippen LogP contribution in [0, 0.1) is 0 Å². The fourth-order valence-corrected chi connectivity index (χ4v) is 4.71. The van der Waals surface area contributed by atoms with Crippen molar-refractivity contribution in [2.45, 2.75) is 70.6 Å². The molecular weight excluding hydrogens is 346 g/mol. The number of likely N-dealkylation sites (tertiary alicyclic amines) is 2. The molecule has 5 heteroatoms. The van der Waals surface area contributed by atoms with Crippen molar-refractivity contribution in [1.29, 1.82) is 0 Å². The first-order chi connectivity index (χ1) is 13.7. The number of hydrogen-bond acceptors (Lipinski definition) is 3. The summed E-state index contributed by atoms with van der Waals surface area (Å²) in [6.07, 6.45) is 6.33. The number of aliphatic imine (C=N–C) groups is 1. The van der Waals surface area contributed by atoms with Gasteiger partial charge in [0.05, 0.1) is 0 Å². The Kier molecular flexibility index (Phi) is 8.16. The third-order valence-corrected chi connectivity index (χ3v) is 6.47. The predicted octanol–water partition coefficient (Wildman–Crippen LogP) is 3.08. The molecule has 2 aliphatic rings. The monoisotopic (exact) mass is 385 g/mol. The number of nitrogens with one attached hydrogen (secondary N) is 2. The lowest BCUT2D eigenvalue weighted by Crippen LogP contribution is -2.53. The summed E-state index contributed by atoms with van der Waals surface area (Å²) in [6.45, 7) is 10.2. The van der Waals surface area contributed by atoms with Crippen molar-refractivity contribution >= 4 is 5.96 Å². The minimum atomic E-state index is 0.502. The normalized spacial score (nSPS) is 27.5. The highest BCUT2D eigenvalue weighted by molar-refractivity contribution is 5.80. The van der Waals surface area contributed by atoms with Crippen molar-refractivity contribution in [2.24, 2.45) is 4.99 Å². The molecule has 3 atom stereocenters. The van der Waals surface area contributed by atoms with Crippen LogP contribution in [0.3, 0.4) is 0 Å². The Labute approximate surface area is 171 Å². The lowest BCUT2D eigenvalue weighted by Gasteiger charge is -2.39. The molecule has 156 valence electrons. The smallest absolute Gasteiger partial charge is 0.191 e. The first kappa shape index (κ1) is 21.1. The molecule has 3 unspecified atom stereocenters. The Morgan fingerprint density at radius 2 is 1.93 bits per heavy atom. The highest BCUT2D eigenvalue weighted by Gasteiger charge is 2.26. The van der Waals surface area contributed by atoms with Crippen LogP contribution in [0.4, 0.5) is 0 Å². The summed E-state index contributed by atoms with van der Waals surface area (Å²) >= 11 is 0. The van der Waals surface area contributed by atoms with E-state index in [9.17, 15) is 0 Å². The highest BCUT2D eigenvalue weighted by atomic mass is 15.2. The van der Waals surface area contributed by atoms with Crippen LogP contribution in [-0.4, -0.2) is 67.1 Å². The van der Waals surface area contributed by atoms with E-state index in [0.29, 0.717) is 18.1 Å². The van der Waals surface area contributed by atoms with Crippen LogP contribution in [0.5, 0.6) is 0 Å². The van der Waals surface area contributed by atoms with Gasteiger partial charge in [-0.3, -0.25) is 14.8 Å². The van der Waals surface area contributed by atoms with E-state index in [4.69, 9.17) is 0 Å². The number of benzene rings is 1. The summed E-state index contributed by atoms with van der Waals surface area (Å²) in [5, 5.41) is 7.29. The molecule has 2 heterocycles. The summed E-state index contributed by atoms with van der Waals surface area (Å²) in [4.78, 5) is 9.70. The van der Waals surface area contributed by atoms with Crippen LogP contribution in [0.15, 0.2) is 35.3 Å². The molecule has 1 aromatic rings. The molecule has 1 aromatic carbocycles. The van der Waals surface area contributed by atoms with Crippen molar-refractivity contribution in [3.05, 3.63) is 35.9 Å². The summed E-state index contributed by atoms with van der Waals surface area (Å²) in [7, 11) is 1.89. The summed E-state index contributed by atoms with van der Waals surface area (Å²) in [6, 6.07) is 12.5. The largest absolute Gasteiger partial charge is 0.355 e. The molecule has 0 amide bonds. The quantitative estimate of drug-likeness (QED) is 0.583. The number of nitrogens with zero attached hydrogens (tertiary/aromatic N) is 3. The number of hydrogen-bond donors (Lipinski definition) is 2. The van der Waals surface area contributed by atoms with Gasteiger partial charge in [-0.1, -0.05) is 43.7 Å². The van der Waals surface area contributed by atoms with Crippen molar-refractivity contribution in [3.8, 4) is 0 Å². The Bertz CT molecular complexity index is 602. The van der Waals surface area contributed by atoms with E-state index >= 15 is 0 Å². The first-order valence-electron chi connectivity index (χ1n) is 11.2. The van der Waals surface area contributed by atoms with Gasteiger partial charge >= 0.3 is 0 Å². The Hall–Kier alpha value is -1.59. The topological polar surface area (TPSA) is 42.9 Å². The zero-order chi connectivity index (χ0) is 19.8. The fraction of sp³-hybridized carbons (Fsp3) is 0.696. The van der Waals surface area contributed by atoms with Crippen LogP contribution in [0.25, 0.3) is 0 Å². The third-order valence-electron chi connectivity index (χ3n) is 6.47. The number of guanidine groups is 1. The van der Waals surface area contributed by atoms with E-state index in [1.807, 2.05) is 7.05 Å². The number of piperidine rings is 2. The van der Waals surface area contributed by atoms with Gasteiger partial charge in [0, 0.05) is 44.8 Å². The van der Waals surface area contributed by atoms with E-state index in [1.165, 1.54) is 37.8 Å². The second kappa shape index (κ2) is 10.8. The average molecular weight is 386 g/mol. The Balaban J connectivity index is 1.44. The van der Waals surface area contributed by atoms with E-state index in [2.05, 4.69) is 69.6 Å². The average Bonchev–Trinajstić information content (AvgIpc) is 2.74. The summed E-state index contributed by atoms with van der Waals surface area (Å²) < 4.78 is 0. The third kappa shape index (κ3) is 5.95. The van der Waals surface area contributed by atoms with Crippen LogP contribution in [0.2, 0.25) is 0 Å².